The van der Waals surface area contributed by atoms with Gasteiger partial charge < -0.3 is 19.2 Å². The Labute approximate surface area is 117 Å². The van der Waals surface area contributed by atoms with E-state index in [0.29, 0.717) is 18.8 Å². The van der Waals surface area contributed by atoms with Crippen molar-refractivity contribution in [1.82, 2.24) is 5.32 Å². The molecule has 0 saturated heterocycles. The SMILES string of the molecule is COC(=O)c1ccc(CNCc2cccc(OC)c2)o1. The van der Waals surface area contributed by atoms with E-state index in [1.54, 1.807) is 19.2 Å². The van der Waals surface area contributed by atoms with E-state index in [1.165, 1.54) is 7.11 Å². The zero-order chi connectivity index (χ0) is 14.4. The topological polar surface area (TPSA) is 60.7 Å². The number of esters is 1. The van der Waals surface area contributed by atoms with Crippen LogP contribution in [0.3, 0.4) is 0 Å². The van der Waals surface area contributed by atoms with Crippen LogP contribution in [0.1, 0.15) is 21.9 Å². The van der Waals surface area contributed by atoms with Gasteiger partial charge in [-0.05, 0) is 29.8 Å². The predicted molar refractivity (Wildman–Crippen MR) is 73.6 cm³/mol. The summed E-state index contributed by atoms with van der Waals surface area (Å²) in [6.07, 6.45) is 0. The number of hydrogen-bond donors (Lipinski definition) is 1. The monoisotopic (exact) mass is 275 g/mol. The van der Waals surface area contributed by atoms with E-state index in [0.717, 1.165) is 11.3 Å². The van der Waals surface area contributed by atoms with Crippen molar-refractivity contribution in [3.05, 3.63) is 53.5 Å². The third kappa shape index (κ3) is 3.61. The number of methoxy groups -OCH3 is 2. The zero-order valence-electron chi connectivity index (χ0n) is 11.5. The Kier molecular flexibility index (Phi) is 4.79. The molecule has 20 heavy (non-hydrogen) atoms. The molecule has 1 N–H and O–H groups in total. The van der Waals surface area contributed by atoms with Crippen LogP contribution in [-0.4, -0.2) is 20.2 Å². The summed E-state index contributed by atoms with van der Waals surface area (Å²) < 4.78 is 15.1. The van der Waals surface area contributed by atoms with Gasteiger partial charge in [0.25, 0.3) is 0 Å². The van der Waals surface area contributed by atoms with Crippen LogP contribution in [0, 0.1) is 0 Å². The fourth-order valence-electron chi connectivity index (χ4n) is 1.80. The summed E-state index contributed by atoms with van der Waals surface area (Å²) in [7, 11) is 2.97. The summed E-state index contributed by atoms with van der Waals surface area (Å²) >= 11 is 0. The zero-order valence-corrected chi connectivity index (χ0v) is 11.5. The molecule has 0 spiro atoms. The number of carbonyl (C=O) groups excluding carboxylic acids is 1. The lowest BCUT2D eigenvalue weighted by Gasteiger charge is -2.05. The molecule has 1 aromatic heterocycles. The Morgan fingerprint density at radius 1 is 1.20 bits per heavy atom. The Balaban J connectivity index is 1.86. The number of ether oxygens (including phenoxy) is 2. The first-order chi connectivity index (χ1) is 9.72. The Hall–Kier alpha value is -2.27. The van der Waals surface area contributed by atoms with Gasteiger partial charge in [0, 0.05) is 6.54 Å². The van der Waals surface area contributed by atoms with Crippen LogP contribution in [0.2, 0.25) is 0 Å². The van der Waals surface area contributed by atoms with E-state index in [1.807, 2.05) is 24.3 Å². The van der Waals surface area contributed by atoms with Crippen molar-refractivity contribution in [2.75, 3.05) is 14.2 Å². The summed E-state index contributed by atoms with van der Waals surface area (Å²) in [4.78, 5) is 11.2. The van der Waals surface area contributed by atoms with Gasteiger partial charge in [-0.15, -0.1) is 0 Å². The maximum Gasteiger partial charge on any atom is 0.373 e. The number of carbonyl (C=O) groups is 1. The van der Waals surface area contributed by atoms with Crippen molar-refractivity contribution in [1.29, 1.82) is 0 Å². The summed E-state index contributed by atoms with van der Waals surface area (Å²) in [6.45, 7) is 1.22. The van der Waals surface area contributed by atoms with Gasteiger partial charge in [-0.2, -0.15) is 0 Å². The van der Waals surface area contributed by atoms with Gasteiger partial charge in [0.05, 0.1) is 20.8 Å². The van der Waals surface area contributed by atoms with E-state index < -0.39 is 5.97 Å². The maximum atomic E-state index is 11.2. The molecule has 0 aliphatic heterocycles. The molecule has 1 heterocycles. The van der Waals surface area contributed by atoms with Crippen molar-refractivity contribution in [2.45, 2.75) is 13.1 Å². The lowest BCUT2D eigenvalue weighted by Crippen LogP contribution is -2.12. The molecule has 0 saturated carbocycles. The minimum Gasteiger partial charge on any atom is -0.497 e. The molecule has 0 aliphatic rings. The molecule has 0 unspecified atom stereocenters. The smallest absolute Gasteiger partial charge is 0.373 e. The molecule has 0 amide bonds. The van der Waals surface area contributed by atoms with Crippen LogP contribution in [0.15, 0.2) is 40.8 Å². The third-order valence-electron chi connectivity index (χ3n) is 2.81. The highest BCUT2D eigenvalue weighted by atomic mass is 16.5. The molecule has 0 bridgehead atoms. The molecule has 0 radical (unpaired) electrons. The molecule has 0 atom stereocenters. The van der Waals surface area contributed by atoms with Crippen LogP contribution in [0.4, 0.5) is 0 Å². The highest BCUT2D eigenvalue weighted by Crippen LogP contribution is 2.13. The van der Waals surface area contributed by atoms with Crippen LogP contribution in [-0.2, 0) is 17.8 Å². The van der Waals surface area contributed by atoms with Gasteiger partial charge in [0.2, 0.25) is 5.76 Å². The van der Waals surface area contributed by atoms with Gasteiger partial charge in [-0.1, -0.05) is 12.1 Å². The standard InChI is InChI=1S/C15H17NO4/c1-18-12-5-3-4-11(8-12)9-16-10-13-6-7-14(20-13)15(17)19-2/h3-8,16H,9-10H2,1-2H3. The van der Waals surface area contributed by atoms with E-state index in [4.69, 9.17) is 9.15 Å². The predicted octanol–water partition coefficient (Wildman–Crippen LogP) is 2.36. The lowest BCUT2D eigenvalue weighted by atomic mass is 10.2. The van der Waals surface area contributed by atoms with Gasteiger partial charge in [0.1, 0.15) is 11.5 Å². The maximum absolute atomic E-state index is 11.2. The van der Waals surface area contributed by atoms with Crippen molar-refractivity contribution < 1.29 is 18.7 Å². The summed E-state index contributed by atoms with van der Waals surface area (Å²) in [5, 5.41) is 3.24. The number of hydrogen-bond acceptors (Lipinski definition) is 5. The second-order valence-corrected chi connectivity index (χ2v) is 4.21. The third-order valence-corrected chi connectivity index (χ3v) is 2.81. The first-order valence-electron chi connectivity index (χ1n) is 6.23. The van der Waals surface area contributed by atoms with Gasteiger partial charge in [-0.25, -0.2) is 4.79 Å². The molecule has 5 nitrogen and oxygen atoms in total. The van der Waals surface area contributed by atoms with Gasteiger partial charge >= 0.3 is 5.97 Å². The second kappa shape index (κ2) is 6.77. The van der Waals surface area contributed by atoms with Crippen LogP contribution >= 0.6 is 0 Å². The average molecular weight is 275 g/mol. The molecule has 106 valence electrons. The van der Waals surface area contributed by atoms with E-state index in [9.17, 15) is 4.79 Å². The summed E-state index contributed by atoms with van der Waals surface area (Å²) in [5.74, 6) is 1.26. The Bertz CT molecular complexity index is 577. The minimum absolute atomic E-state index is 0.214. The second-order valence-electron chi connectivity index (χ2n) is 4.21. The molecule has 5 heteroatoms. The number of nitrogens with one attached hydrogen (secondary N) is 1. The van der Waals surface area contributed by atoms with E-state index in [2.05, 4.69) is 10.1 Å². The summed E-state index contributed by atoms with van der Waals surface area (Å²) in [6, 6.07) is 11.2. The summed E-state index contributed by atoms with van der Waals surface area (Å²) in [5.41, 5.74) is 1.11. The van der Waals surface area contributed by atoms with Crippen LogP contribution < -0.4 is 10.1 Å². The molecule has 0 fully saturated rings. The van der Waals surface area contributed by atoms with Crippen molar-refractivity contribution in [3.8, 4) is 5.75 Å². The first-order valence-corrected chi connectivity index (χ1v) is 6.23. The molecule has 2 aromatic rings. The average Bonchev–Trinajstić information content (AvgIpc) is 2.95. The molecule has 0 aliphatic carbocycles. The highest BCUT2D eigenvalue weighted by Gasteiger charge is 2.10. The van der Waals surface area contributed by atoms with Crippen molar-refractivity contribution in [2.24, 2.45) is 0 Å². The van der Waals surface area contributed by atoms with Crippen LogP contribution in [0.25, 0.3) is 0 Å². The molecular formula is C15H17NO4. The fraction of sp³-hybridized carbons (Fsp3) is 0.267. The Morgan fingerprint density at radius 2 is 2.05 bits per heavy atom. The molecule has 1 aromatic carbocycles. The fourth-order valence-corrected chi connectivity index (χ4v) is 1.80. The first kappa shape index (κ1) is 14.1. The van der Waals surface area contributed by atoms with Crippen LogP contribution in [0.5, 0.6) is 5.75 Å². The highest BCUT2D eigenvalue weighted by molar-refractivity contribution is 5.86. The van der Waals surface area contributed by atoms with Gasteiger partial charge in [-0.3, -0.25) is 0 Å². The lowest BCUT2D eigenvalue weighted by molar-refractivity contribution is 0.0563. The number of benzene rings is 1. The van der Waals surface area contributed by atoms with E-state index >= 15 is 0 Å². The van der Waals surface area contributed by atoms with Gasteiger partial charge in [0.15, 0.2) is 0 Å². The van der Waals surface area contributed by atoms with Crippen molar-refractivity contribution >= 4 is 5.97 Å². The quantitative estimate of drug-likeness (QED) is 0.820. The largest absolute Gasteiger partial charge is 0.497 e. The molecular weight excluding hydrogens is 258 g/mol. The number of rotatable bonds is 6. The van der Waals surface area contributed by atoms with E-state index in [-0.39, 0.29) is 5.76 Å². The minimum atomic E-state index is -0.468. The molecule has 2 rings (SSSR count). The Morgan fingerprint density at radius 3 is 2.80 bits per heavy atom. The van der Waals surface area contributed by atoms with Crippen molar-refractivity contribution in [3.63, 3.8) is 0 Å². The number of furan rings is 1. The normalized spacial score (nSPS) is 10.3.